The third kappa shape index (κ3) is 4.76. The fraction of sp³-hybridized carbons (Fsp3) is 0.130. The zero-order valence-electron chi connectivity index (χ0n) is 16.5. The van der Waals surface area contributed by atoms with E-state index in [1.807, 2.05) is 18.2 Å². The Balaban J connectivity index is 0.00000272. The Hall–Kier alpha value is -3.22. The Labute approximate surface area is 190 Å². The van der Waals surface area contributed by atoms with Gasteiger partial charge in [0.05, 0.1) is 5.52 Å². The first-order chi connectivity index (χ1) is 14.5. The molecule has 0 fully saturated rings. The minimum atomic E-state index is -1.12. The van der Waals surface area contributed by atoms with Gasteiger partial charge in [0, 0.05) is 29.3 Å². The van der Waals surface area contributed by atoms with Gasteiger partial charge in [0.25, 0.3) is 0 Å². The first-order valence-corrected chi connectivity index (χ1v) is 9.70. The van der Waals surface area contributed by atoms with Crippen molar-refractivity contribution in [2.24, 2.45) is 0 Å². The standard InChI is InChI=1S/C23H18ClN3O3.ClH/c1-15(28)30-18-9-10-20-19(12-18)22(26-14-25-20)27-23(11-5-8-17(24)13-23)21(29)16-6-3-2-4-7-16;/h2-12,14H,13H2,1H3,(H,25,26,27);1H. The van der Waals surface area contributed by atoms with Crippen LogP contribution in [0.15, 0.2) is 78.1 Å². The van der Waals surface area contributed by atoms with Gasteiger partial charge in [0.1, 0.15) is 23.4 Å². The monoisotopic (exact) mass is 455 g/mol. The summed E-state index contributed by atoms with van der Waals surface area (Å²) >= 11 is 6.33. The van der Waals surface area contributed by atoms with Gasteiger partial charge in [-0.3, -0.25) is 9.59 Å². The van der Waals surface area contributed by atoms with E-state index in [-0.39, 0.29) is 24.6 Å². The predicted octanol–water partition coefficient (Wildman–Crippen LogP) is 5.09. The number of hydrogen-bond donors (Lipinski definition) is 1. The van der Waals surface area contributed by atoms with Crippen LogP contribution in [-0.4, -0.2) is 27.3 Å². The van der Waals surface area contributed by atoms with Gasteiger partial charge in [-0.15, -0.1) is 12.4 Å². The molecule has 1 heterocycles. The molecule has 0 amide bonds. The van der Waals surface area contributed by atoms with E-state index in [1.165, 1.54) is 13.3 Å². The normalized spacial score (nSPS) is 17.4. The lowest BCUT2D eigenvalue weighted by molar-refractivity contribution is -0.131. The van der Waals surface area contributed by atoms with Crippen molar-refractivity contribution in [3.63, 3.8) is 0 Å². The molecule has 3 aromatic rings. The number of hydrogen-bond acceptors (Lipinski definition) is 6. The number of Topliss-reactive ketones (excluding diaryl/α,β-unsaturated/α-hetero) is 1. The summed E-state index contributed by atoms with van der Waals surface area (Å²) in [5, 5.41) is 4.46. The molecule has 0 saturated heterocycles. The van der Waals surface area contributed by atoms with Crippen LogP contribution in [0, 0.1) is 0 Å². The maximum Gasteiger partial charge on any atom is 0.308 e. The van der Waals surface area contributed by atoms with Crippen LogP contribution in [0.25, 0.3) is 10.9 Å². The Morgan fingerprint density at radius 3 is 2.61 bits per heavy atom. The summed E-state index contributed by atoms with van der Waals surface area (Å²) in [7, 11) is 0. The summed E-state index contributed by atoms with van der Waals surface area (Å²) in [5.74, 6) is 0.250. The molecule has 1 aromatic heterocycles. The predicted molar refractivity (Wildman–Crippen MR) is 123 cm³/mol. The van der Waals surface area contributed by atoms with Crippen molar-refractivity contribution in [3.05, 3.63) is 83.7 Å². The second-order valence-electron chi connectivity index (χ2n) is 6.94. The lowest BCUT2D eigenvalue weighted by Gasteiger charge is -2.33. The molecule has 158 valence electrons. The molecule has 4 rings (SSSR count). The molecular formula is C23H19Cl2N3O3. The SMILES string of the molecule is CC(=O)Oc1ccc2ncnc(NC3(C(=O)c4ccccc4)C=CC=C(Cl)C3)c2c1.Cl. The molecule has 6 nitrogen and oxygen atoms in total. The van der Waals surface area contributed by atoms with Crippen LogP contribution in [0.2, 0.25) is 0 Å². The summed E-state index contributed by atoms with van der Waals surface area (Å²) in [6, 6.07) is 14.1. The number of nitrogens with zero attached hydrogens (tertiary/aromatic N) is 2. The van der Waals surface area contributed by atoms with Crippen LogP contribution >= 0.6 is 24.0 Å². The second kappa shape index (κ2) is 9.29. The number of esters is 1. The number of anilines is 1. The van der Waals surface area contributed by atoms with Crippen molar-refractivity contribution in [1.82, 2.24) is 9.97 Å². The third-order valence-electron chi connectivity index (χ3n) is 4.76. The number of allylic oxidation sites excluding steroid dienone is 2. The Kier molecular flexibility index (Phi) is 6.73. The first kappa shape index (κ1) is 22.5. The van der Waals surface area contributed by atoms with Crippen molar-refractivity contribution < 1.29 is 14.3 Å². The fourth-order valence-corrected chi connectivity index (χ4v) is 3.71. The molecule has 0 radical (unpaired) electrons. The smallest absolute Gasteiger partial charge is 0.308 e. The third-order valence-corrected chi connectivity index (χ3v) is 5.02. The second-order valence-corrected chi connectivity index (χ2v) is 7.42. The van der Waals surface area contributed by atoms with Crippen LogP contribution in [0.5, 0.6) is 5.75 Å². The number of ketones is 1. The minimum Gasteiger partial charge on any atom is -0.427 e. The zero-order chi connectivity index (χ0) is 21.1. The van der Waals surface area contributed by atoms with E-state index in [4.69, 9.17) is 16.3 Å². The topological polar surface area (TPSA) is 81.2 Å². The van der Waals surface area contributed by atoms with E-state index in [0.717, 1.165) is 0 Å². The van der Waals surface area contributed by atoms with Gasteiger partial charge >= 0.3 is 5.97 Å². The number of carbonyl (C=O) groups excluding carboxylic acids is 2. The van der Waals surface area contributed by atoms with Gasteiger partial charge in [-0.05, 0) is 24.3 Å². The number of halogens is 2. The molecule has 0 aliphatic heterocycles. The number of ether oxygens (including phenoxy) is 1. The first-order valence-electron chi connectivity index (χ1n) is 9.32. The average Bonchev–Trinajstić information content (AvgIpc) is 2.74. The number of fused-ring (bicyclic) bond motifs is 1. The molecule has 1 atom stereocenters. The number of nitrogens with one attached hydrogen (secondary N) is 1. The van der Waals surface area contributed by atoms with Gasteiger partial charge in [-0.25, -0.2) is 9.97 Å². The quantitative estimate of drug-likeness (QED) is 0.327. The Bertz CT molecular complexity index is 1200. The summed E-state index contributed by atoms with van der Waals surface area (Å²) in [6.07, 6.45) is 7.00. The largest absolute Gasteiger partial charge is 0.427 e. The van der Waals surface area contributed by atoms with Crippen molar-refractivity contribution in [2.45, 2.75) is 18.9 Å². The number of rotatable bonds is 5. The molecule has 1 aliphatic carbocycles. The van der Waals surface area contributed by atoms with Gasteiger partial charge < -0.3 is 10.1 Å². The van der Waals surface area contributed by atoms with E-state index in [9.17, 15) is 9.59 Å². The van der Waals surface area contributed by atoms with Gasteiger partial charge in [0.2, 0.25) is 0 Å². The molecule has 8 heteroatoms. The average molecular weight is 456 g/mol. The highest BCUT2D eigenvalue weighted by Gasteiger charge is 2.39. The van der Waals surface area contributed by atoms with Gasteiger partial charge in [0.15, 0.2) is 5.78 Å². The van der Waals surface area contributed by atoms with Crippen LogP contribution in [-0.2, 0) is 4.79 Å². The fourth-order valence-electron chi connectivity index (χ4n) is 3.42. The summed E-state index contributed by atoms with van der Waals surface area (Å²) in [4.78, 5) is 33.5. The summed E-state index contributed by atoms with van der Waals surface area (Å²) in [5.41, 5.74) is 0.0819. The summed E-state index contributed by atoms with van der Waals surface area (Å²) in [6.45, 7) is 1.33. The molecule has 31 heavy (non-hydrogen) atoms. The highest BCUT2D eigenvalue weighted by molar-refractivity contribution is 6.30. The lowest BCUT2D eigenvalue weighted by atomic mass is 9.83. The maximum atomic E-state index is 13.5. The molecule has 1 N–H and O–H groups in total. The molecule has 0 spiro atoms. The summed E-state index contributed by atoms with van der Waals surface area (Å²) < 4.78 is 5.19. The highest BCUT2D eigenvalue weighted by atomic mass is 35.5. The van der Waals surface area contributed by atoms with E-state index < -0.39 is 11.5 Å². The molecular weight excluding hydrogens is 437 g/mol. The number of aromatic nitrogens is 2. The van der Waals surface area contributed by atoms with E-state index in [2.05, 4.69) is 15.3 Å². The van der Waals surface area contributed by atoms with Crippen LogP contribution < -0.4 is 10.1 Å². The lowest BCUT2D eigenvalue weighted by Crippen LogP contribution is -2.46. The Morgan fingerprint density at radius 1 is 1.13 bits per heavy atom. The van der Waals surface area contributed by atoms with Crippen molar-refractivity contribution in [2.75, 3.05) is 5.32 Å². The van der Waals surface area contributed by atoms with E-state index in [0.29, 0.717) is 33.1 Å². The van der Waals surface area contributed by atoms with Crippen molar-refractivity contribution >= 4 is 52.5 Å². The zero-order valence-corrected chi connectivity index (χ0v) is 18.1. The number of benzene rings is 2. The van der Waals surface area contributed by atoms with Crippen molar-refractivity contribution in [3.8, 4) is 5.75 Å². The molecule has 2 aromatic carbocycles. The van der Waals surface area contributed by atoms with Crippen molar-refractivity contribution in [1.29, 1.82) is 0 Å². The maximum absolute atomic E-state index is 13.5. The molecule has 0 bridgehead atoms. The molecule has 0 saturated carbocycles. The molecule has 1 aliphatic rings. The molecule has 1 unspecified atom stereocenters. The van der Waals surface area contributed by atoms with E-state index >= 15 is 0 Å². The van der Waals surface area contributed by atoms with Crippen LogP contribution in [0.1, 0.15) is 23.7 Å². The highest BCUT2D eigenvalue weighted by Crippen LogP contribution is 2.34. The van der Waals surface area contributed by atoms with Gasteiger partial charge in [-0.2, -0.15) is 0 Å². The minimum absolute atomic E-state index is 0. The van der Waals surface area contributed by atoms with Gasteiger partial charge in [-0.1, -0.05) is 54.1 Å². The Morgan fingerprint density at radius 2 is 1.90 bits per heavy atom. The number of carbonyl (C=O) groups is 2. The van der Waals surface area contributed by atoms with Crippen LogP contribution in [0.4, 0.5) is 5.82 Å². The van der Waals surface area contributed by atoms with E-state index in [1.54, 1.807) is 48.6 Å². The van der Waals surface area contributed by atoms with Crippen LogP contribution in [0.3, 0.4) is 0 Å².